The van der Waals surface area contributed by atoms with E-state index in [1.54, 1.807) is 0 Å². The number of nitrogens with one attached hydrogen (secondary N) is 1. The minimum atomic E-state index is 0.152. The van der Waals surface area contributed by atoms with Crippen LogP contribution in [0.3, 0.4) is 0 Å². The first-order valence-corrected chi connectivity index (χ1v) is 9.64. The Morgan fingerprint density at radius 1 is 1.19 bits per heavy atom. The number of fused-ring (bicyclic) bond motifs is 2. The van der Waals surface area contributed by atoms with Crippen LogP contribution >= 0.6 is 0 Å². The van der Waals surface area contributed by atoms with Crippen LogP contribution in [0.5, 0.6) is 0 Å². The Morgan fingerprint density at radius 2 is 2.11 bits per heavy atom. The number of aliphatic hydroxyl groups excluding tert-OH is 1. The number of aromatic nitrogens is 3. The summed E-state index contributed by atoms with van der Waals surface area (Å²) in [5, 5.41) is 17.7. The van der Waals surface area contributed by atoms with E-state index in [1.165, 1.54) is 0 Å². The second-order valence-electron chi connectivity index (χ2n) is 7.54. The molecule has 138 valence electrons. The molecule has 1 saturated carbocycles. The van der Waals surface area contributed by atoms with Crippen LogP contribution in [0.15, 0.2) is 59.8 Å². The van der Waals surface area contributed by atoms with Gasteiger partial charge in [0.1, 0.15) is 11.5 Å². The summed E-state index contributed by atoms with van der Waals surface area (Å²) in [6, 6.07) is 4.47. The molecule has 5 rings (SSSR count). The topological polar surface area (TPSA) is 74.8 Å². The first-order chi connectivity index (χ1) is 13.3. The molecule has 0 saturated heterocycles. The summed E-state index contributed by atoms with van der Waals surface area (Å²) in [5.41, 5.74) is 2.55. The minimum absolute atomic E-state index is 0.152. The summed E-state index contributed by atoms with van der Waals surface area (Å²) < 4.78 is 1.86. The number of nitrogens with zero attached hydrogens (tertiary/aromatic N) is 4. The predicted octanol–water partition coefficient (Wildman–Crippen LogP) is 2.77. The molecule has 0 spiro atoms. The van der Waals surface area contributed by atoms with Gasteiger partial charge in [0, 0.05) is 30.8 Å². The molecule has 2 N–H and O–H groups in total. The lowest BCUT2D eigenvalue weighted by atomic mass is 9.92. The third kappa shape index (κ3) is 3.10. The molecule has 3 aliphatic rings. The highest BCUT2D eigenvalue weighted by atomic mass is 16.3. The maximum absolute atomic E-state index is 9.37. The Labute approximate surface area is 158 Å². The third-order valence-electron chi connectivity index (χ3n) is 5.68. The molecule has 0 amide bonds. The molecule has 0 radical (unpaired) electrons. The maximum Gasteiger partial charge on any atom is 0.157 e. The van der Waals surface area contributed by atoms with Gasteiger partial charge in [-0.25, -0.2) is 4.98 Å². The van der Waals surface area contributed by atoms with E-state index >= 15 is 0 Å². The summed E-state index contributed by atoms with van der Waals surface area (Å²) in [4.78, 5) is 9.32. The van der Waals surface area contributed by atoms with Gasteiger partial charge in [0.2, 0.25) is 0 Å². The number of rotatable bonds is 4. The summed E-state index contributed by atoms with van der Waals surface area (Å²) >= 11 is 0. The van der Waals surface area contributed by atoms with Gasteiger partial charge in [-0.3, -0.25) is 4.99 Å². The molecule has 27 heavy (non-hydrogen) atoms. The van der Waals surface area contributed by atoms with Crippen LogP contribution in [-0.2, 0) is 0 Å². The lowest BCUT2D eigenvalue weighted by molar-refractivity contribution is 0.229. The van der Waals surface area contributed by atoms with E-state index in [2.05, 4.69) is 46.8 Å². The number of hydrogen-bond donors (Lipinski definition) is 2. The van der Waals surface area contributed by atoms with Crippen LogP contribution in [0.1, 0.15) is 25.0 Å². The highest BCUT2D eigenvalue weighted by Crippen LogP contribution is 2.28. The second kappa shape index (κ2) is 6.78. The first-order valence-electron chi connectivity index (χ1n) is 9.64. The van der Waals surface area contributed by atoms with Gasteiger partial charge in [-0.05, 0) is 37.3 Å². The zero-order valence-corrected chi connectivity index (χ0v) is 15.1. The number of aliphatic hydroxyl groups is 1. The fourth-order valence-electron chi connectivity index (χ4n) is 4.19. The molecule has 1 aliphatic heterocycles. The van der Waals surface area contributed by atoms with Crippen LogP contribution in [-0.4, -0.2) is 44.1 Å². The Hall–Kier alpha value is -2.73. The lowest BCUT2D eigenvalue weighted by Gasteiger charge is -2.21. The van der Waals surface area contributed by atoms with Crippen molar-refractivity contribution in [3.63, 3.8) is 0 Å². The quantitative estimate of drug-likeness (QED) is 0.878. The molecular weight excluding hydrogens is 338 g/mol. The van der Waals surface area contributed by atoms with Crippen LogP contribution in [0.2, 0.25) is 0 Å². The van der Waals surface area contributed by atoms with Crippen molar-refractivity contribution in [2.45, 2.75) is 31.3 Å². The number of aliphatic imine (C=N–C) groups is 1. The van der Waals surface area contributed by atoms with E-state index in [9.17, 15) is 5.11 Å². The highest BCUT2D eigenvalue weighted by molar-refractivity contribution is 6.08. The van der Waals surface area contributed by atoms with E-state index in [1.807, 2.05) is 22.8 Å². The fourth-order valence-corrected chi connectivity index (χ4v) is 4.19. The van der Waals surface area contributed by atoms with Crippen molar-refractivity contribution >= 4 is 17.2 Å². The van der Waals surface area contributed by atoms with Gasteiger partial charge in [-0.2, -0.15) is 9.61 Å². The van der Waals surface area contributed by atoms with Gasteiger partial charge in [-0.1, -0.05) is 30.4 Å². The van der Waals surface area contributed by atoms with Gasteiger partial charge in [0.15, 0.2) is 5.65 Å². The zero-order valence-electron chi connectivity index (χ0n) is 15.1. The zero-order chi connectivity index (χ0) is 18.2. The SMILES string of the molecule is OCC1CCC(Nc2ccnc3cc(C4=NC5C=CC=CC5C=C4)nn23)C1. The average Bonchev–Trinajstić information content (AvgIpc) is 3.35. The molecule has 3 heterocycles. The third-order valence-corrected chi connectivity index (χ3v) is 5.68. The van der Waals surface area contributed by atoms with E-state index in [-0.39, 0.29) is 12.6 Å². The van der Waals surface area contributed by atoms with Crippen molar-refractivity contribution in [1.29, 1.82) is 0 Å². The molecule has 6 heteroatoms. The molecule has 0 aromatic carbocycles. The first kappa shape index (κ1) is 16.4. The van der Waals surface area contributed by atoms with Crippen molar-refractivity contribution in [2.75, 3.05) is 11.9 Å². The number of anilines is 1. The second-order valence-corrected chi connectivity index (χ2v) is 7.54. The Morgan fingerprint density at radius 3 is 3.00 bits per heavy atom. The molecule has 2 aromatic rings. The number of allylic oxidation sites excluding steroid dienone is 3. The van der Waals surface area contributed by atoms with Gasteiger partial charge in [0.25, 0.3) is 0 Å². The van der Waals surface area contributed by atoms with Gasteiger partial charge < -0.3 is 10.4 Å². The number of hydrogen-bond acceptors (Lipinski definition) is 5. The summed E-state index contributed by atoms with van der Waals surface area (Å²) in [7, 11) is 0. The Kier molecular flexibility index (Phi) is 4.13. The predicted molar refractivity (Wildman–Crippen MR) is 106 cm³/mol. The molecule has 1 fully saturated rings. The smallest absolute Gasteiger partial charge is 0.157 e. The monoisotopic (exact) mass is 361 g/mol. The van der Waals surface area contributed by atoms with Crippen LogP contribution < -0.4 is 5.32 Å². The van der Waals surface area contributed by atoms with Gasteiger partial charge in [0.05, 0.1) is 11.8 Å². The molecule has 0 bridgehead atoms. The van der Waals surface area contributed by atoms with Crippen molar-refractivity contribution in [2.24, 2.45) is 16.8 Å². The molecule has 2 aliphatic carbocycles. The molecule has 2 aromatic heterocycles. The Bertz CT molecular complexity index is 970. The lowest BCUT2D eigenvalue weighted by Crippen LogP contribution is -2.21. The summed E-state index contributed by atoms with van der Waals surface area (Å²) in [6.07, 6.45) is 17.6. The van der Waals surface area contributed by atoms with E-state index in [4.69, 9.17) is 10.1 Å². The standard InChI is InChI=1S/C21H23N5O/c27-13-14-5-7-16(11-14)23-20-9-10-22-21-12-19(25-26(20)21)18-8-6-15-3-1-2-4-17(15)24-18/h1-4,6,8-10,12,14-17,23,27H,5,7,11,13H2. The van der Waals surface area contributed by atoms with Crippen LogP contribution in [0.4, 0.5) is 5.82 Å². The normalized spacial score (nSPS) is 29.1. The van der Waals surface area contributed by atoms with Crippen molar-refractivity contribution in [1.82, 2.24) is 14.6 Å². The average molecular weight is 361 g/mol. The molecule has 6 nitrogen and oxygen atoms in total. The fraction of sp³-hybridized carbons (Fsp3) is 0.381. The van der Waals surface area contributed by atoms with Crippen molar-refractivity contribution < 1.29 is 5.11 Å². The van der Waals surface area contributed by atoms with E-state index in [0.29, 0.717) is 17.9 Å². The largest absolute Gasteiger partial charge is 0.396 e. The van der Waals surface area contributed by atoms with E-state index < -0.39 is 0 Å². The molecule has 4 atom stereocenters. The Balaban J connectivity index is 1.43. The molecule has 4 unspecified atom stereocenters. The van der Waals surface area contributed by atoms with E-state index in [0.717, 1.165) is 42.1 Å². The molecular formula is C21H23N5O. The van der Waals surface area contributed by atoms with Gasteiger partial charge in [-0.15, -0.1) is 0 Å². The van der Waals surface area contributed by atoms with Crippen LogP contribution in [0, 0.1) is 11.8 Å². The summed E-state index contributed by atoms with van der Waals surface area (Å²) in [6.45, 7) is 0.272. The maximum atomic E-state index is 9.37. The van der Waals surface area contributed by atoms with Crippen molar-refractivity contribution in [3.05, 3.63) is 60.5 Å². The van der Waals surface area contributed by atoms with Gasteiger partial charge >= 0.3 is 0 Å². The minimum Gasteiger partial charge on any atom is -0.396 e. The van der Waals surface area contributed by atoms with Crippen LogP contribution in [0.25, 0.3) is 5.65 Å². The number of dihydropyridines is 1. The van der Waals surface area contributed by atoms with Crippen molar-refractivity contribution in [3.8, 4) is 0 Å². The highest BCUT2D eigenvalue weighted by Gasteiger charge is 2.25. The summed E-state index contributed by atoms with van der Waals surface area (Å²) in [5.74, 6) is 1.68.